The zero-order chi connectivity index (χ0) is 15.8. The summed E-state index contributed by atoms with van der Waals surface area (Å²) in [4.78, 5) is 16.6. The minimum atomic E-state index is -1.97. The van der Waals surface area contributed by atoms with Crippen molar-refractivity contribution in [2.45, 2.75) is 10.6 Å². The van der Waals surface area contributed by atoms with Crippen LogP contribution in [0.5, 0.6) is 0 Å². The van der Waals surface area contributed by atoms with Crippen LogP contribution in [0.15, 0.2) is 59.8 Å². The maximum atomic E-state index is 14.7. The summed E-state index contributed by atoms with van der Waals surface area (Å²) in [5, 5.41) is 11.9. The van der Waals surface area contributed by atoms with Crippen molar-refractivity contribution in [3.05, 3.63) is 60.4 Å². The molecule has 0 aliphatic carbocycles. The molecule has 0 bridgehead atoms. The number of alkyl halides is 1. The highest BCUT2D eigenvalue weighted by Gasteiger charge is 2.31. The summed E-state index contributed by atoms with van der Waals surface area (Å²) in [5.41, 5.74) is -1.63. The fourth-order valence-corrected chi connectivity index (χ4v) is 2.57. The highest BCUT2D eigenvalue weighted by atomic mass is 32.2. The van der Waals surface area contributed by atoms with E-state index in [1.165, 1.54) is 11.8 Å². The molecule has 0 saturated heterocycles. The second kappa shape index (κ2) is 7.91. The van der Waals surface area contributed by atoms with Gasteiger partial charge in [-0.2, -0.15) is 0 Å². The predicted molar refractivity (Wildman–Crippen MR) is 84.3 cm³/mol. The fraction of sp³-hybridized carbons (Fsp3) is 0.250. The van der Waals surface area contributed by atoms with Gasteiger partial charge in [-0.05, 0) is 17.7 Å². The van der Waals surface area contributed by atoms with Crippen LogP contribution in [0.1, 0.15) is 5.56 Å². The van der Waals surface area contributed by atoms with Crippen LogP contribution in [-0.2, 0) is 10.5 Å². The summed E-state index contributed by atoms with van der Waals surface area (Å²) in [6, 6.07) is 11.9. The monoisotopic (exact) mass is 320 g/mol. The molecule has 6 heteroatoms. The van der Waals surface area contributed by atoms with Crippen molar-refractivity contribution in [2.24, 2.45) is 0 Å². The Kier molecular flexibility index (Phi) is 5.91. The number of benzene rings is 1. The van der Waals surface area contributed by atoms with Crippen molar-refractivity contribution in [1.29, 1.82) is 0 Å². The highest BCUT2D eigenvalue weighted by molar-refractivity contribution is 8.00. The van der Waals surface area contributed by atoms with E-state index in [4.69, 9.17) is 0 Å². The van der Waals surface area contributed by atoms with Gasteiger partial charge in [0.05, 0.1) is 18.9 Å². The van der Waals surface area contributed by atoms with E-state index in [-0.39, 0.29) is 18.2 Å². The summed E-state index contributed by atoms with van der Waals surface area (Å²) in [5.74, 6) is -0.103. The molecule has 22 heavy (non-hydrogen) atoms. The van der Waals surface area contributed by atoms with Gasteiger partial charge in [0.15, 0.2) is 5.67 Å². The molecule has 2 aromatic rings. The second-order valence-corrected chi connectivity index (χ2v) is 5.79. The van der Waals surface area contributed by atoms with E-state index in [9.17, 15) is 14.3 Å². The molecule has 1 heterocycles. The summed E-state index contributed by atoms with van der Waals surface area (Å²) in [6.45, 7) is -0.946. The van der Waals surface area contributed by atoms with Gasteiger partial charge in [-0.15, -0.1) is 11.8 Å². The van der Waals surface area contributed by atoms with Gasteiger partial charge in [0, 0.05) is 17.3 Å². The number of thioether (sulfide) groups is 1. The Balaban J connectivity index is 1.86. The van der Waals surface area contributed by atoms with Gasteiger partial charge in [0.2, 0.25) is 5.91 Å². The number of carbonyl (C=O) groups excluding carboxylic acids is 1. The van der Waals surface area contributed by atoms with Gasteiger partial charge >= 0.3 is 0 Å². The molecular formula is C16H17FN2O2S. The molecule has 1 aromatic heterocycles. The average Bonchev–Trinajstić information content (AvgIpc) is 2.59. The summed E-state index contributed by atoms with van der Waals surface area (Å²) in [7, 11) is 0. The molecule has 116 valence electrons. The van der Waals surface area contributed by atoms with Crippen LogP contribution < -0.4 is 5.32 Å². The number of halogens is 1. The van der Waals surface area contributed by atoms with Crippen molar-refractivity contribution in [1.82, 2.24) is 10.3 Å². The van der Waals surface area contributed by atoms with E-state index in [1.54, 1.807) is 54.9 Å². The van der Waals surface area contributed by atoms with E-state index in [1.807, 2.05) is 0 Å². The van der Waals surface area contributed by atoms with Crippen LogP contribution in [0.4, 0.5) is 4.39 Å². The molecular weight excluding hydrogens is 303 g/mol. The number of carbonyl (C=O) groups is 1. The number of aliphatic hydroxyl groups is 1. The first kappa shape index (κ1) is 16.5. The van der Waals surface area contributed by atoms with Crippen LogP contribution in [0.25, 0.3) is 0 Å². The van der Waals surface area contributed by atoms with Crippen molar-refractivity contribution in [3.8, 4) is 0 Å². The number of hydrogen-bond donors (Lipinski definition) is 2. The smallest absolute Gasteiger partial charge is 0.230 e. The third-order valence-electron chi connectivity index (χ3n) is 3.13. The average molecular weight is 320 g/mol. The lowest BCUT2D eigenvalue weighted by molar-refractivity contribution is -0.119. The maximum Gasteiger partial charge on any atom is 0.230 e. The molecule has 1 aromatic carbocycles. The number of amides is 1. The summed E-state index contributed by atoms with van der Waals surface area (Å²) >= 11 is 1.35. The minimum absolute atomic E-state index is 0.181. The molecule has 0 spiro atoms. The first-order chi connectivity index (χ1) is 10.6. The molecule has 2 rings (SSSR count). The fourth-order valence-electron chi connectivity index (χ4n) is 1.86. The Hall–Kier alpha value is -1.92. The largest absolute Gasteiger partial charge is 0.393 e. The molecule has 0 aliphatic rings. The van der Waals surface area contributed by atoms with E-state index in [0.29, 0.717) is 5.56 Å². The zero-order valence-corrected chi connectivity index (χ0v) is 12.7. The van der Waals surface area contributed by atoms with Gasteiger partial charge in [0.25, 0.3) is 0 Å². The molecule has 1 amide bonds. The van der Waals surface area contributed by atoms with Gasteiger partial charge in [-0.3, -0.25) is 9.78 Å². The highest BCUT2D eigenvalue weighted by Crippen LogP contribution is 2.24. The Morgan fingerprint density at radius 1 is 1.23 bits per heavy atom. The van der Waals surface area contributed by atoms with Crippen LogP contribution >= 0.6 is 11.8 Å². The first-order valence-corrected chi connectivity index (χ1v) is 7.77. The normalized spacial score (nSPS) is 13.4. The summed E-state index contributed by atoms with van der Waals surface area (Å²) in [6.07, 6.45) is 3.29. The SMILES string of the molecule is O=C(CSc1ccncc1)NCC(F)(CO)c1ccccc1. The van der Waals surface area contributed by atoms with Crippen LogP contribution in [0.3, 0.4) is 0 Å². The number of rotatable bonds is 7. The number of aliphatic hydroxyl groups excluding tert-OH is 1. The van der Waals surface area contributed by atoms with Gasteiger partial charge in [-0.1, -0.05) is 30.3 Å². The Morgan fingerprint density at radius 3 is 2.55 bits per heavy atom. The minimum Gasteiger partial charge on any atom is -0.393 e. The topological polar surface area (TPSA) is 62.2 Å². The third kappa shape index (κ3) is 4.54. The van der Waals surface area contributed by atoms with E-state index >= 15 is 0 Å². The molecule has 1 unspecified atom stereocenters. The van der Waals surface area contributed by atoms with Crippen molar-refractivity contribution >= 4 is 17.7 Å². The van der Waals surface area contributed by atoms with Crippen molar-refractivity contribution in [3.63, 3.8) is 0 Å². The molecule has 1 atom stereocenters. The maximum absolute atomic E-state index is 14.7. The first-order valence-electron chi connectivity index (χ1n) is 6.79. The quantitative estimate of drug-likeness (QED) is 0.767. The van der Waals surface area contributed by atoms with E-state index in [0.717, 1.165) is 4.90 Å². The molecule has 0 fully saturated rings. The Bertz CT molecular complexity index is 598. The molecule has 0 radical (unpaired) electrons. The number of nitrogens with one attached hydrogen (secondary N) is 1. The standard InChI is InChI=1S/C16H17FN2O2S/c17-16(12-20,13-4-2-1-3-5-13)11-19-15(21)10-22-14-6-8-18-9-7-14/h1-9,20H,10-12H2,(H,19,21). The Morgan fingerprint density at radius 2 is 1.91 bits per heavy atom. The predicted octanol–water partition coefficient (Wildman–Crippen LogP) is 2.15. The Labute approximate surface area is 132 Å². The lowest BCUT2D eigenvalue weighted by Crippen LogP contribution is -2.40. The lowest BCUT2D eigenvalue weighted by Gasteiger charge is -2.23. The number of hydrogen-bond acceptors (Lipinski definition) is 4. The number of aromatic nitrogens is 1. The summed E-state index contributed by atoms with van der Waals surface area (Å²) < 4.78 is 14.7. The third-order valence-corrected chi connectivity index (χ3v) is 4.14. The number of pyridine rings is 1. The van der Waals surface area contributed by atoms with Crippen LogP contribution in [0, 0.1) is 0 Å². The molecule has 4 nitrogen and oxygen atoms in total. The molecule has 0 saturated carbocycles. The van der Waals surface area contributed by atoms with Crippen LogP contribution in [-0.4, -0.2) is 34.9 Å². The lowest BCUT2D eigenvalue weighted by atomic mass is 9.96. The van der Waals surface area contributed by atoms with Crippen molar-refractivity contribution < 1.29 is 14.3 Å². The molecule has 0 aliphatic heterocycles. The number of nitrogens with zero attached hydrogens (tertiary/aromatic N) is 1. The molecule has 2 N–H and O–H groups in total. The van der Waals surface area contributed by atoms with Gasteiger partial charge in [-0.25, -0.2) is 4.39 Å². The van der Waals surface area contributed by atoms with Gasteiger partial charge < -0.3 is 10.4 Å². The van der Waals surface area contributed by atoms with E-state index in [2.05, 4.69) is 10.3 Å². The van der Waals surface area contributed by atoms with Crippen molar-refractivity contribution in [2.75, 3.05) is 18.9 Å². The van der Waals surface area contributed by atoms with E-state index < -0.39 is 12.3 Å². The zero-order valence-electron chi connectivity index (χ0n) is 11.9. The van der Waals surface area contributed by atoms with Gasteiger partial charge in [0.1, 0.15) is 0 Å². The van der Waals surface area contributed by atoms with Crippen LogP contribution in [0.2, 0.25) is 0 Å². The second-order valence-electron chi connectivity index (χ2n) is 4.74.